The highest BCUT2D eigenvalue weighted by Gasteiger charge is 2.35. The van der Waals surface area contributed by atoms with Crippen LogP contribution in [0.3, 0.4) is 0 Å². The number of amides is 2. The van der Waals surface area contributed by atoms with Crippen molar-refractivity contribution in [2.24, 2.45) is 0 Å². The second kappa shape index (κ2) is 9.26. The third kappa shape index (κ3) is 4.47. The zero-order valence-electron chi connectivity index (χ0n) is 17.9. The monoisotopic (exact) mass is 469 g/mol. The number of benzene rings is 1. The molecule has 0 saturated carbocycles. The average molecular weight is 470 g/mol. The van der Waals surface area contributed by atoms with Crippen molar-refractivity contribution in [3.05, 3.63) is 57.5 Å². The lowest BCUT2D eigenvalue weighted by Crippen LogP contribution is -2.57. The topological polar surface area (TPSA) is 92.4 Å². The number of hydrogen-bond acceptors (Lipinski definition) is 6. The molecule has 166 valence electrons. The summed E-state index contributed by atoms with van der Waals surface area (Å²) in [5, 5.41) is 0.790. The van der Waals surface area contributed by atoms with Gasteiger partial charge in [-0.15, -0.1) is 11.3 Å². The fourth-order valence-electron chi connectivity index (χ4n) is 3.96. The van der Waals surface area contributed by atoms with Crippen LogP contribution in [0.2, 0.25) is 4.34 Å². The normalized spacial score (nSPS) is 17.3. The minimum Gasteiger partial charge on any atom is -0.383 e. The van der Waals surface area contributed by atoms with E-state index in [-0.39, 0.29) is 11.8 Å². The van der Waals surface area contributed by atoms with Crippen molar-refractivity contribution >= 4 is 57.0 Å². The van der Waals surface area contributed by atoms with Gasteiger partial charge in [0.05, 0.1) is 9.85 Å². The van der Waals surface area contributed by atoms with Crippen LogP contribution >= 0.6 is 22.9 Å². The maximum Gasteiger partial charge on any atom is 0.247 e. The number of rotatable bonds is 5. The number of halogens is 1. The van der Waals surface area contributed by atoms with E-state index < -0.39 is 6.04 Å². The smallest absolute Gasteiger partial charge is 0.247 e. The quantitative estimate of drug-likeness (QED) is 0.570. The van der Waals surface area contributed by atoms with Crippen molar-refractivity contribution in [1.82, 2.24) is 19.8 Å². The fraction of sp³-hybridized carbons (Fsp3) is 0.304. The first-order chi connectivity index (χ1) is 15.4. The number of anilines is 1. The van der Waals surface area contributed by atoms with Gasteiger partial charge in [0.1, 0.15) is 18.2 Å². The Balaban J connectivity index is 1.49. The highest BCUT2D eigenvalue weighted by atomic mass is 35.5. The molecule has 1 atom stereocenters. The highest BCUT2D eigenvalue weighted by Crippen LogP contribution is 2.28. The van der Waals surface area contributed by atoms with Crippen LogP contribution in [0.15, 0.2) is 42.7 Å². The number of nitrogen functional groups attached to an aromatic ring is 1. The molecule has 0 radical (unpaired) electrons. The number of carbonyl (C=O) groups is 2. The van der Waals surface area contributed by atoms with E-state index in [1.807, 2.05) is 44.2 Å². The molecule has 0 aliphatic carbocycles. The maximum absolute atomic E-state index is 13.2. The molecule has 4 rings (SSSR count). The largest absolute Gasteiger partial charge is 0.383 e. The van der Waals surface area contributed by atoms with Gasteiger partial charge in [-0.3, -0.25) is 9.59 Å². The van der Waals surface area contributed by atoms with Crippen LogP contribution < -0.4 is 5.73 Å². The van der Waals surface area contributed by atoms with Gasteiger partial charge in [-0.05, 0) is 48.7 Å². The molecule has 1 aromatic carbocycles. The Morgan fingerprint density at radius 1 is 1.28 bits per heavy atom. The van der Waals surface area contributed by atoms with Crippen molar-refractivity contribution in [2.45, 2.75) is 32.9 Å². The van der Waals surface area contributed by atoms with Gasteiger partial charge in [0.15, 0.2) is 0 Å². The van der Waals surface area contributed by atoms with E-state index in [0.29, 0.717) is 36.2 Å². The number of aromatic nitrogens is 2. The van der Waals surface area contributed by atoms with E-state index in [1.54, 1.807) is 15.9 Å². The molecule has 32 heavy (non-hydrogen) atoms. The number of thiophene rings is 1. The summed E-state index contributed by atoms with van der Waals surface area (Å²) in [6.45, 7) is 5.23. The van der Waals surface area contributed by atoms with Gasteiger partial charge in [-0.1, -0.05) is 24.6 Å². The summed E-state index contributed by atoms with van der Waals surface area (Å²) in [5.41, 5.74) is 8.45. The van der Waals surface area contributed by atoms with E-state index in [4.69, 9.17) is 17.3 Å². The summed E-state index contributed by atoms with van der Waals surface area (Å²) < 4.78 is 0.679. The lowest BCUT2D eigenvalue weighted by atomic mass is 10.1. The molecular weight excluding hydrogens is 446 g/mol. The van der Waals surface area contributed by atoms with Crippen LogP contribution in [0.4, 0.5) is 5.82 Å². The molecule has 3 aromatic rings. The van der Waals surface area contributed by atoms with Gasteiger partial charge in [0, 0.05) is 36.0 Å². The third-order valence-corrected chi connectivity index (χ3v) is 7.03. The van der Waals surface area contributed by atoms with Gasteiger partial charge in [-0.2, -0.15) is 0 Å². The predicted molar refractivity (Wildman–Crippen MR) is 128 cm³/mol. The first kappa shape index (κ1) is 22.2. The van der Waals surface area contributed by atoms with Gasteiger partial charge in [-0.25, -0.2) is 9.97 Å². The number of allylic oxidation sites excluding steroid dienone is 1. The molecule has 7 nitrogen and oxygen atoms in total. The molecule has 1 fully saturated rings. The lowest BCUT2D eigenvalue weighted by Gasteiger charge is -2.40. The molecule has 3 heterocycles. The van der Waals surface area contributed by atoms with E-state index in [1.165, 1.54) is 17.7 Å². The van der Waals surface area contributed by atoms with Gasteiger partial charge >= 0.3 is 0 Å². The molecule has 1 aliphatic rings. The van der Waals surface area contributed by atoms with Crippen molar-refractivity contribution in [1.29, 1.82) is 0 Å². The summed E-state index contributed by atoms with van der Waals surface area (Å²) in [4.78, 5) is 38.9. The van der Waals surface area contributed by atoms with Crippen LogP contribution in [0, 0.1) is 0 Å². The number of nitrogens with two attached hydrogens (primary N) is 1. The number of nitrogens with zero attached hydrogens (tertiary/aromatic N) is 4. The molecule has 0 unspecified atom stereocenters. The molecule has 1 aliphatic heterocycles. The van der Waals surface area contributed by atoms with Crippen molar-refractivity contribution in [2.75, 3.05) is 18.8 Å². The molecule has 2 aromatic heterocycles. The van der Waals surface area contributed by atoms with Crippen LogP contribution in [0.5, 0.6) is 0 Å². The lowest BCUT2D eigenvalue weighted by molar-refractivity contribution is -0.149. The molecule has 0 bridgehead atoms. The number of fused-ring (bicyclic) bond motifs is 1. The van der Waals surface area contributed by atoms with Crippen LogP contribution in [0.25, 0.3) is 16.5 Å². The Morgan fingerprint density at radius 2 is 2.09 bits per heavy atom. The second-order valence-corrected chi connectivity index (χ2v) is 9.47. The standard InChI is InChI=1S/C23H24ClN5O2S/c1-3-18-23(31)28(12-15-4-5-16-17(11-15)26-13-27-22(16)25)8-9-29(18)21(30)10-14(2)19-6-7-20(24)32-19/h4-7,10-11,13,18H,3,8-9,12H2,1-2H3,(H2,25,26,27)/t18-/m0/s1. The first-order valence-corrected chi connectivity index (χ1v) is 11.6. The molecule has 1 saturated heterocycles. The van der Waals surface area contributed by atoms with Crippen LogP contribution in [-0.4, -0.2) is 50.7 Å². The minimum atomic E-state index is -0.481. The van der Waals surface area contributed by atoms with Crippen molar-refractivity contribution in [3.8, 4) is 0 Å². The predicted octanol–water partition coefficient (Wildman–Crippen LogP) is 3.98. The number of hydrogen-bond donors (Lipinski definition) is 1. The summed E-state index contributed by atoms with van der Waals surface area (Å²) >= 11 is 7.44. The Kier molecular flexibility index (Phi) is 6.43. The maximum atomic E-state index is 13.2. The molecular formula is C23H24ClN5O2S. The fourth-order valence-corrected chi connectivity index (χ4v) is 4.98. The SMILES string of the molecule is CC[C@H]1C(=O)N(Cc2ccc3c(N)ncnc3c2)CCN1C(=O)C=C(C)c1ccc(Cl)s1. The van der Waals surface area contributed by atoms with Crippen LogP contribution in [-0.2, 0) is 16.1 Å². The Bertz CT molecular complexity index is 1210. The number of carbonyl (C=O) groups excluding carboxylic acids is 2. The molecule has 2 amide bonds. The van der Waals surface area contributed by atoms with Gasteiger partial charge < -0.3 is 15.5 Å². The van der Waals surface area contributed by atoms with E-state index in [2.05, 4.69) is 9.97 Å². The third-order valence-electron chi connectivity index (χ3n) is 5.66. The average Bonchev–Trinajstić information content (AvgIpc) is 3.21. The highest BCUT2D eigenvalue weighted by molar-refractivity contribution is 7.17. The zero-order chi connectivity index (χ0) is 22.8. The number of piperazine rings is 1. The Morgan fingerprint density at radius 3 is 2.81 bits per heavy atom. The molecule has 2 N–H and O–H groups in total. The van der Waals surface area contributed by atoms with E-state index in [9.17, 15) is 9.59 Å². The van der Waals surface area contributed by atoms with E-state index >= 15 is 0 Å². The summed E-state index contributed by atoms with van der Waals surface area (Å²) in [5.74, 6) is 0.244. The minimum absolute atomic E-state index is 0.0420. The van der Waals surface area contributed by atoms with Crippen molar-refractivity contribution in [3.63, 3.8) is 0 Å². The van der Waals surface area contributed by atoms with E-state index in [0.717, 1.165) is 26.9 Å². The van der Waals surface area contributed by atoms with Gasteiger partial charge in [0.2, 0.25) is 11.8 Å². The van der Waals surface area contributed by atoms with Crippen molar-refractivity contribution < 1.29 is 9.59 Å². The summed E-state index contributed by atoms with van der Waals surface area (Å²) in [6, 6.07) is 8.98. The second-order valence-electron chi connectivity index (χ2n) is 7.76. The van der Waals surface area contributed by atoms with Gasteiger partial charge in [0.25, 0.3) is 0 Å². The Hall–Kier alpha value is -2.97. The summed E-state index contributed by atoms with van der Waals surface area (Å²) in [6.07, 6.45) is 3.59. The summed E-state index contributed by atoms with van der Waals surface area (Å²) in [7, 11) is 0. The Labute approximate surface area is 195 Å². The van der Waals surface area contributed by atoms with Crippen LogP contribution in [0.1, 0.15) is 30.7 Å². The zero-order valence-corrected chi connectivity index (χ0v) is 19.5. The first-order valence-electron chi connectivity index (χ1n) is 10.4. The molecule has 0 spiro atoms. The molecule has 9 heteroatoms.